The molecule has 3 N–H and O–H groups in total. The maximum absolute atomic E-state index is 11.2. The lowest BCUT2D eigenvalue weighted by Crippen LogP contribution is -2.13. The Hall–Kier alpha value is -1.93. The van der Waals surface area contributed by atoms with E-state index in [4.69, 9.17) is 10.8 Å². The molecule has 0 saturated heterocycles. The number of aromatic nitrogens is 1. The predicted molar refractivity (Wildman–Crippen MR) is 77.1 cm³/mol. The molecular formula is C12H10N2O4S2. The number of benzene rings is 1. The van der Waals surface area contributed by atoms with E-state index in [1.165, 1.54) is 17.4 Å². The molecule has 1 aromatic carbocycles. The lowest BCUT2D eigenvalue weighted by atomic mass is 10.1. The lowest BCUT2D eigenvalue weighted by molar-refractivity contribution is -0.139. The van der Waals surface area contributed by atoms with Crippen molar-refractivity contribution in [1.82, 2.24) is 4.98 Å². The highest BCUT2D eigenvalue weighted by atomic mass is 32.1. The third-order valence-electron chi connectivity index (χ3n) is 2.66. The highest BCUT2D eigenvalue weighted by molar-refractivity contribution is 7.96. The number of nitrogens with zero attached hydrogens (tertiary/aromatic N) is 1. The first-order valence-electron chi connectivity index (χ1n) is 5.53. The molecule has 2 aromatic rings. The Morgan fingerprint density at radius 1 is 1.40 bits per heavy atom. The molecule has 1 unspecified atom stereocenters. The number of carboxylic acid groups (broad SMARTS) is 1. The maximum Gasteiger partial charge on any atom is 0.313 e. The molecule has 6 nitrogen and oxygen atoms in total. The van der Waals surface area contributed by atoms with Crippen molar-refractivity contribution in [1.29, 1.82) is 0 Å². The number of thiazole rings is 1. The Bertz CT molecular complexity index is 711. The fraction of sp³-hybridized carbons (Fsp3) is 0.167. The minimum Gasteiger partial charge on any atom is -0.481 e. The van der Waals surface area contributed by atoms with Gasteiger partial charge in [-0.2, -0.15) is 0 Å². The molecule has 0 aliphatic carbocycles. The fourth-order valence-corrected chi connectivity index (χ4v) is 2.93. The molecule has 20 heavy (non-hydrogen) atoms. The fourth-order valence-electron chi connectivity index (χ4n) is 1.70. The van der Waals surface area contributed by atoms with Crippen LogP contribution in [-0.2, 0) is 9.59 Å². The van der Waals surface area contributed by atoms with Gasteiger partial charge in [0.05, 0.1) is 10.2 Å². The summed E-state index contributed by atoms with van der Waals surface area (Å²) in [6.45, 7) is 0. The summed E-state index contributed by atoms with van der Waals surface area (Å²) in [5.41, 5.74) is 5.96. The van der Waals surface area contributed by atoms with Gasteiger partial charge in [0.15, 0.2) is 5.12 Å². The number of nitrogens with two attached hydrogens (primary N) is 1. The largest absolute Gasteiger partial charge is 0.481 e. The number of amides is 1. The summed E-state index contributed by atoms with van der Waals surface area (Å²) in [5.74, 6) is -2.75. The van der Waals surface area contributed by atoms with Crippen molar-refractivity contribution < 1.29 is 19.5 Å². The van der Waals surface area contributed by atoms with Gasteiger partial charge in [0.25, 0.3) is 0 Å². The van der Waals surface area contributed by atoms with Crippen LogP contribution < -0.4 is 5.73 Å². The van der Waals surface area contributed by atoms with Crippen molar-refractivity contribution in [3.63, 3.8) is 0 Å². The van der Waals surface area contributed by atoms with Crippen LogP contribution in [0.3, 0.4) is 0 Å². The second kappa shape index (κ2) is 5.59. The van der Waals surface area contributed by atoms with Gasteiger partial charge in [0.1, 0.15) is 10.9 Å². The molecule has 2 rings (SSSR count). The third kappa shape index (κ3) is 2.97. The van der Waals surface area contributed by atoms with E-state index in [9.17, 15) is 14.4 Å². The predicted octanol–water partition coefficient (Wildman–Crippen LogP) is 1.41. The Kier molecular flexibility index (Phi) is 4.05. The van der Waals surface area contributed by atoms with Gasteiger partial charge in [0, 0.05) is 12.0 Å². The molecule has 0 aliphatic rings. The van der Waals surface area contributed by atoms with Crippen LogP contribution in [0.2, 0.25) is 0 Å². The average molecular weight is 310 g/mol. The van der Waals surface area contributed by atoms with Crippen molar-refractivity contribution in [3.05, 3.63) is 28.8 Å². The van der Waals surface area contributed by atoms with E-state index >= 15 is 0 Å². The first-order chi connectivity index (χ1) is 9.38. The van der Waals surface area contributed by atoms with Crippen LogP contribution in [0.4, 0.5) is 0 Å². The molecule has 0 radical (unpaired) electrons. The van der Waals surface area contributed by atoms with E-state index in [2.05, 4.69) is 17.6 Å². The summed E-state index contributed by atoms with van der Waals surface area (Å²) in [6.07, 6.45) is -0.235. The number of carboxylic acids is 1. The summed E-state index contributed by atoms with van der Waals surface area (Å²) in [5, 5.41) is 8.93. The molecule has 0 bridgehead atoms. The number of thiol groups is 1. The monoisotopic (exact) mass is 310 g/mol. The molecule has 1 amide bonds. The molecule has 1 heterocycles. The van der Waals surface area contributed by atoms with Crippen LogP contribution >= 0.6 is 24.0 Å². The molecule has 1 atom stereocenters. The van der Waals surface area contributed by atoms with Gasteiger partial charge in [0.2, 0.25) is 5.91 Å². The topological polar surface area (TPSA) is 110 Å². The lowest BCUT2D eigenvalue weighted by Gasteiger charge is -2.05. The molecule has 1 aromatic heterocycles. The summed E-state index contributed by atoms with van der Waals surface area (Å²) in [6, 6.07) is 4.70. The van der Waals surface area contributed by atoms with E-state index in [-0.39, 0.29) is 6.42 Å². The highest BCUT2D eigenvalue weighted by Crippen LogP contribution is 2.30. The summed E-state index contributed by atoms with van der Waals surface area (Å²) < 4.78 is 0.725. The van der Waals surface area contributed by atoms with E-state index in [0.29, 0.717) is 16.1 Å². The van der Waals surface area contributed by atoms with E-state index in [0.717, 1.165) is 4.70 Å². The molecule has 0 spiro atoms. The van der Waals surface area contributed by atoms with Gasteiger partial charge in [-0.05, 0) is 18.2 Å². The molecule has 0 saturated carbocycles. The molecule has 8 heteroatoms. The van der Waals surface area contributed by atoms with Gasteiger partial charge < -0.3 is 10.8 Å². The molecule has 0 fully saturated rings. The zero-order chi connectivity index (χ0) is 14.9. The van der Waals surface area contributed by atoms with Crippen molar-refractivity contribution in [2.24, 2.45) is 5.73 Å². The number of hydrogen-bond acceptors (Lipinski definition) is 5. The van der Waals surface area contributed by atoms with Gasteiger partial charge in [-0.1, -0.05) is 0 Å². The van der Waals surface area contributed by atoms with E-state index in [1.807, 2.05) is 0 Å². The Balaban J connectivity index is 2.46. The Morgan fingerprint density at radius 2 is 2.10 bits per heavy atom. The van der Waals surface area contributed by atoms with Crippen molar-refractivity contribution in [2.75, 3.05) is 0 Å². The van der Waals surface area contributed by atoms with Gasteiger partial charge >= 0.3 is 5.97 Å². The van der Waals surface area contributed by atoms with Crippen LogP contribution in [0.15, 0.2) is 18.2 Å². The molecular weight excluding hydrogens is 300 g/mol. The average Bonchev–Trinajstić information content (AvgIpc) is 2.77. The maximum atomic E-state index is 11.2. The van der Waals surface area contributed by atoms with Gasteiger partial charge in [-0.3, -0.25) is 14.4 Å². The Labute approximate surface area is 123 Å². The van der Waals surface area contributed by atoms with Gasteiger partial charge in [-0.25, -0.2) is 4.98 Å². The number of carbonyl (C=O) groups is 3. The number of rotatable bonds is 5. The van der Waals surface area contributed by atoms with Crippen LogP contribution in [0.5, 0.6) is 0 Å². The van der Waals surface area contributed by atoms with Crippen LogP contribution in [0.25, 0.3) is 10.2 Å². The first kappa shape index (κ1) is 14.5. The van der Waals surface area contributed by atoms with Crippen LogP contribution in [0, 0.1) is 0 Å². The molecule has 104 valence electrons. The van der Waals surface area contributed by atoms with Crippen LogP contribution in [0.1, 0.15) is 27.7 Å². The highest BCUT2D eigenvalue weighted by Gasteiger charge is 2.25. The summed E-state index contributed by atoms with van der Waals surface area (Å²) >= 11 is 4.77. The van der Waals surface area contributed by atoms with Crippen molar-refractivity contribution in [3.8, 4) is 0 Å². The summed E-state index contributed by atoms with van der Waals surface area (Å²) in [7, 11) is 0. The number of fused-ring (bicyclic) bond motifs is 1. The SMILES string of the molecule is NC(=O)c1ccc2sc(C(CC(=O)S)C(=O)O)nc2c1. The quantitative estimate of drug-likeness (QED) is 0.723. The third-order valence-corrected chi connectivity index (χ3v) is 4.00. The number of carbonyl (C=O) groups excluding carboxylic acids is 2. The normalized spacial score (nSPS) is 12.2. The van der Waals surface area contributed by atoms with Crippen LogP contribution in [-0.4, -0.2) is 27.1 Å². The van der Waals surface area contributed by atoms with Crippen molar-refractivity contribution >= 4 is 51.2 Å². The van der Waals surface area contributed by atoms with Gasteiger partial charge in [-0.15, -0.1) is 24.0 Å². The number of aliphatic carboxylic acids is 1. The summed E-state index contributed by atoms with van der Waals surface area (Å²) in [4.78, 5) is 37.5. The van der Waals surface area contributed by atoms with E-state index in [1.54, 1.807) is 12.1 Å². The minimum absolute atomic E-state index is 0.235. The zero-order valence-electron chi connectivity index (χ0n) is 10.1. The first-order valence-corrected chi connectivity index (χ1v) is 6.79. The van der Waals surface area contributed by atoms with E-state index < -0.39 is 22.9 Å². The number of primary amides is 1. The zero-order valence-corrected chi connectivity index (χ0v) is 11.8. The number of hydrogen-bond donors (Lipinski definition) is 3. The standard InChI is InChI=1S/C12H10N2O4S2/c13-10(16)5-1-2-8-7(3-5)14-11(20-8)6(12(17)18)4-9(15)19/h1-3,6H,4H2,(H2,13,16)(H,15,19)(H,17,18). The Morgan fingerprint density at radius 3 is 2.65 bits per heavy atom. The second-order valence-electron chi connectivity index (χ2n) is 4.09. The smallest absolute Gasteiger partial charge is 0.313 e. The minimum atomic E-state index is -1.14. The molecule has 0 aliphatic heterocycles. The second-order valence-corrected chi connectivity index (χ2v) is 5.65. The van der Waals surface area contributed by atoms with Crippen molar-refractivity contribution in [2.45, 2.75) is 12.3 Å².